The summed E-state index contributed by atoms with van der Waals surface area (Å²) in [6.45, 7) is 0.484. The normalized spacial score (nSPS) is 16.9. The molecule has 0 aliphatic carbocycles. The molecule has 7 nitrogen and oxygen atoms in total. The second kappa shape index (κ2) is 10.7. The molecule has 1 heterocycles. The Labute approximate surface area is 209 Å². The van der Waals surface area contributed by atoms with Gasteiger partial charge >= 0.3 is 5.97 Å². The molecule has 0 aromatic heterocycles. The summed E-state index contributed by atoms with van der Waals surface area (Å²) in [6.07, 6.45) is -0.0678. The van der Waals surface area contributed by atoms with Crippen LogP contribution in [0.4, 0.5) is 0 Å². The van der Waals surface area contributed by atoms with Gasteiger partial charge < -0.3 is 23.8 Å². The number of benzene rings is 3. The number of likely N-dealkylation sites (tertiary alicyclic amines) is 1. The maximum atomic E-state index is 13.1. The van der Waals surface area contributed by atoms with E-state index in [9.17, 15) is 9.59 Å². The van der Waals surface area contributed by atoms with E-state index in [1.54, 1.807) is 55.5 Å². The Hall–Kier alpha value is -3.71. The first kappa shape index (κ1) is 24.4. The first-order chi connectivity index (χ1) is 16.9. The van der Waals surface area contributed by atoms with Gasteiger partial charge in [0.25, 0.3) is 5.91 Å². The van der Waals surface area contributed by atoms with E-state index in [2.05, 4.69) is 0 Å². The van der Waals surface area contributed by atoms with Gasteiger partial charge in [0.1, 0.15) is 11.8 Å². The molecule has 1 aliphatic heterocycles. The summed E-state index contributed by atoms with van der Waals surface area (Å²) in [5, 5.41) is 0.587. The van der Waals surface area contributed by atoms with Crippen LogP contribution in [-0.2, 0) is 16.0 Å². The number of rotatable bonds is 9. The number of β-lactam (4-membered cyclic amide) rings is 1. The van der Waals surface area contributed by atoms with Crippen LogP contribution >= 0.6 is 11.6 Å². The largest absolute Gasteiger partial charge is 0.493 e. The Morgan fingerprint density at radius 2 is 1.60 bits per heavy atom. The van der Waals surface area contributed by atoms with Gasteiger partial charge in [-0.05, 0) is 66.1 Å². The molecular formula is C27H26ClNO6. The zero-order chi connectivity index (χ0) is 24.9. The Balaban J connectivity index is 1.55. The van der Waals surface area contributed by atoms with Crippen LogP contribution in [0.5, 0.6) is 17.2 Å². The summed E-state index contributed by atoms with van der Waals surface area (Å²) in [5.74, 6) is 1.32. The number of hydrogen-bond acceptors (Lipinski definition) is 6. The molecule has 35 heavy (non-hydrogen) atoms. The van der Waals surface area contributed by atoms with E-state index in [0.29, 0.717) is 40.8 Å². The SMILES string of the molecule is COC(=O)c1ccc([C@@H]2[C@@H](Oc3ccc(Cl)cc3)C(=O)N2CCc2ccc(OC)c(OC)c2)cc1. The third-order valence-electron chi connectivity index (χ3n) is 5.99. The van der Waals surface area contributed by atoms with Crippen molar-refractivity contribution in [3.63, 3.8) is 0 Å². The van der Waals surface area contributed by atoms with Crippen molar-refractivity contribution in [2.75, 3.05) is 27.9 Å². The van der Waals surface area contributed by atoms with E-state index < -0.39 is 12.1 Å². The molecule has 4 rings (SSSR count). The van der Waals surface area contributed by atoms with E-state index in [1.807, 2.05) is 30.3 Å². The average Bonchev–Trinajstić information content (AvgIpc) is 2.90. The molecule has 1 saturated heterocycles. The predicted molar refractivity (Wildman–Crippen MR) is 131 cm³/mol. The maximum absolute atomic E-state index is 13.1. The van der Waals surface area contributed by atoms with Gasteiger partial charge in [0, 0.05) is 11.6 Å². The van der Waals surface area contributed by atoms with Crippen LogP contribution in [0.2, 0.25) is 5.02 Å². The number of esters is 1. The minimum absolute atomic E-state index is 0.109. The summed E-state index contributed by atoms with van der Waals surface area (Å²) >= 11 is 5.98. The van der Waals surface area contributed by atoms with Crippen LogP contribution in [0, 0.1) is 0 Å². The molecule has 2 atom stereocenters. The Kier molecular flexibility index (Phi) is 7.46. The zero-order valence-corrected chi connectivity index (χ0v) is 20.5. The molecule has 1 amide bonds. The number of carbonyl (C=O) groups excluding carboxylic acids is 2. The van der Waals surface area contributed by atoms with Crippen LogP contribution < -0.4 is 14.2 Å². The van der Waals surface area contributed by atoms with Gasteiger partial charge in [-0.1, -0.05) is 29.8 Å². The lowest BCUT2D eigenvalue weighted by Crippen LogP contribution is -2.61. The van der Waals surface area contributed by atoms with Crippen molar-refractivity contribution in [2.45, 2.75) is 18.6 Å². The summed E-state index contributed by atoms with van der Waals surface area (Å²) in [6, 6.07) is 19.3. The molecule has 3 aromatic carbocycles. The van der Waals surface area contributed by atoms with E-state index in [0.717, 1.165) is 11.1 Å². The Bertz CT molecular complexity index is 1200. The minimum Gasteiger partial charge on any atom is -0.493 e. The number of carbonyl (C=O) groups is 2. The summed E-state index contributed by atoms with van der Waals surface area (Å²) in [4.78, 5) is 26.8. The highest BCUT2D eigenvalue weighted by Gasteiger charge is 2.49. The van der Waals surface area contributed by atoms with Gasteiger partial charge in [0.05, 0.1) is 26.9 Å². The van der Waals surface area contributed by atoms with Crippen molar-refractivity contribution in [3.05, 3.63) is 88.4 Å². The molecule has 182 valence electrons. The molecule has 0 spiro atoms. The number of halogens is 1. The highest BCUT2D eigenvalue weighted by molar-refractivity contribution is 6.30. The standard InChI is InChI=1S/C27H26ClNO6/c1-32-22-13-4-17(16-23(22)33-2)14-15-29-24(18-5-7-19(8-6-18)27(31)34-3)25(26(29)30)35-21-11-9-20(28)10-12-21/h4-13,16,24-25H,14-15H2,1-3H3/t24-,25-/m1/s1. The topological polar surface area (TPSA) is 74.3 Å². The molecule has 0 N–H and O–H groups in total. The van der Waals surface area contributed by atoms with Gasteiger partial charge in [0.15, 0.2) is 11.5 Å². The highest BCUT2D eigenvalue weighted by atomic mass is 35.5. The van der Waals surface area contributed by atoms with Crippen molar-refractivity contribution in [3.8, 4) is 17.2 Å². The number of nitrogens with zero attached hydrogens (tertiary/aromatic N) is 1. The molecular weight excluding hydrogens is 470 g/mol. The molecule has 1 fully saturated rings. The van der Waals surface area contributed by atoms with Crippen molar-refractivity contribution in [1.29, 1.82) is 0 Å². The number of amides is 1. The molecule has 8 heteroatoms. The van der Waals surface area contributed by atoms with Crippen molar-refractivity contribution < 1.29 is 28.5 Å². The van der Waals surface area contributed by atoms with Gasteiger partial charge in [-0.3, -0.25) is 4.79 Å². The highest BCUT2D eigenvalue weighted by Crippen LogP contribution is 2.38. The lowest BCUT2D eigenvalue weighted by Gasteiger charge is -2.47. The van der Waals surface area contributed by atoms with Gasteiger partial charge in [0.2, 0.25) is 6.10 Å². The van der Waals surface area contributed by atoms with Crippen LogP contribution in [0.3, 0.4) is 0 Å². The second-order valence-corrected chi connectivity index (χ2v) is 8.46. The lowest BCUT2D eigenvalue weighted by molar-refractivity contribution is -0.164. The van der Waals surface area contributed by atoms with Crippen molar-refractivity contribution >= 4 is 23.5 Å². The third-order valence-corrected chi connectivity index (χ3v) is 6.24. The summed E-state index contributed by atoms with van der Waals surface area (Å²) in [7, 11) is 4.52. The van der Waals surface area contributed by atoms with Crippen LogP contribution in [0.25, 0.3) is 0 Å². The van der Waals surface area contributed by atoms with E-state index in [1.165, 1.54) is 7.11 Å². The fourth-order valence-corrected chi connectivity index (χ4v) is 4.24. The first-order valence-corrected chi connectivity index (χ1v) is 11.4. The van der Waals surface area contributed by atoms with Gasteiger partial charge in [-0.2, -0.15) is 0 Å². The number of methoxy groups -OCH3 is 3. The maximum Gasteiger partial charge on any atom is 0.337 e. The average molecular weight is 496 g/mol. The van der Waals surface area contributed by atoms with Crippen LogP contribution in [0.1, 0.15) is 27.5 Å². The first-order valence-electron chi connectivity index (χ1n) is 11.1. The molecule has 0 saturated carbocycles. The van der Waals surface area contributed by atoms with Crippen LogP contribution in [0.15, 0.2) is 66.7 Å². The monoisotopic (exact) mass is 495 g/mol. The fourth-order valence-electron chi connectivity index (χ4n) is 4.12. The summed E-state index contributed by atoms with van der Waals surface area (Å²) < 4.78 is 21.5. The zero-order valence-electron chi connectivity index (χ0n) is 19.7. The smallest absolute Gasteiger partial charge is 0.337 e. The van der Waals surface area contributed by atoms with Crippen molar-refractivity contribution in [2.24, 2.45) is 0 Å². The summed E-state index contributed by atoms with van der Waals surface area (Å²) in [5.41, 5.74) is 2.31. The van der Waals surface area contributed by atoms with E-state index in [-0.39, 0.29) is 11.9 Å². The number of ether oxygens (including phenoxy) is 4. The van der Waals surface area contributed by atoms with Crippen LogP contribution in [-0.4, -0.2) is 50.8 Å². The Morgan fingerprint density at radius 1 is 0.914 bits per heavy atom. The molecule has 1 aliphatic rings. The minimum atomic E-state index is -0.689. The third kappa shape index (κ3) is 5.20. The Morgan fingerprint density at radius 3 is 2.23 bits per heavy atom. The predicted octanol–water partition coefficient (Wildman–Crippen LogP) is 4.72. The van der Waals surface area contributed by atoms with Crippen molar-refractivity contribution in [1.82, 2.24) is 4.90 Å². The molecule has 0 unspecified atom stereocenters. The van der Waals surface area contributed by atoms with E-state index >= 15 is 0 Å². The van der Waals surface area contributed by atoms with Gasteiger partial charge in [-0.25, -0.2) is 4.79 Å². The molecule has 3 aromatic rings. The molecule has 0 radical (unpaired) electrons. The molecule has 0 bridgehead atoms. The number of hydrogen-bond donors (Lipinski definition) is 0. The van der Waals surface area contributed by atoms with E-state index in [4.69, 9.17) is 30.5 Å². The fraction of sp³-hybridized carbons (Fsp3) is 0.259. The second-order valence-electron chi connectivity index (χ2n) is 8.02. The quantitative estimate of drug-likeness (QED) is 0.316. The lowest BCUT2D eigenvalue weighted by atomic mass is 9.89. The van der Waals surface area contributed by atoms with Gasteiger partial charge in [-0.15, -0.1) is 0 Å².